The first-order valence-electron chi connectivity index (χ1n) is 5.00. The van der Waals surface area contributed by atoms with E-state index >= 15 is 0 Å². The van der Waals surface area contributed by atoms with E-state index < -0.39 is 5.97 Å². The van der Waals surface area contributed by atoms with Gasteiger partial charge in [0.05, 0.1) is 0 Å². The van der Waals surface area contributed by atoms with Crippen molar-refractivity contribution in [1.29, 1.82) is 0 Å². The summed E-state index contributed by atoms with van der Waals surface area (Å²) in [5.74, 6) is -1.34. The Morgan fingerprint density at radius 1 is 1.33 bits per heavy atom. The SMILES string of the molecule is CN(C(=O)/C=C/C(=O)O)C1CCNCC1. The molecule has 1 aliphatic heterocycles. The summed E-state index contributed by atoms with van der Waals surface area (Å²) in [5, 5.41) is 11.6. The molecule has 1 aliphatic rings. The van der Waals surface area contributed by atoms with Crippen LogP contribution in [0.4, 0.5) is 0 Å². The standard InChI is InChI=1S/C10H16N2O3/c1-12(8-4-6-11-7-5-8)9(13)2-3-10(14)15/h2-3,8,11H,4-7H2,1H3,(H,14,15)/b3-2+. The fraction of sp³-hybridized carbons (Fsp3) is 0.600. The van der Waals surface area contributed by atoms with E-state index in [0.717, 1.165) is 38.1 Å². The first-order chi connectivity index (χ1) is 7.11. The van der Waals surface area contributed by atoms with E-state index in [0.29, 0.717) is 0 Å². The Kier molecular flexibility index (Phi) is 4.30. The Balaban J connectivity index is 2.47. The van der Waals surface area contributed by atoms with Gasteiger partial charge in [0.15, 0.2) is 0 Å². The fourth-order valence-corrected chi connectivity index (χ4v) is 1.63. The predicted molar refractivity (Wildman–Crippen MR) is 55.4 cm³/mol. The van der Waals surface area contributed by atoms with Gasteiger partial charge in [-0.05, 0) is 25.9 Å². The van der Waals surface area contributed by atoms with E-state index in [9.17, 15) is 9.59 Å². The Hall–Kier alpha value is -1.36. The maximum absolute atomic E-state index is 11.5. The predicted octanol–water partition coefficient (Wildman–Crippen LogP) is -0.162. The van der Waals surface area contributed by atoms with E-state index in [1.54, 1.807) is 11.9 Å². The molecule has 0 aromatic heterocycles. The lowest BCUT2D eigenvalue weighted by Gasteiger charge is -2.30. The lowest BCUT2D eigenvalue weighted by Crippen LogP contribution is -2.43. The molecule has 1 rings (SSSR count). The first-order valence-corrected chi connectivity index (χ1v) is 5.00. The van der Waals surface area contributed by atoms with Crippen LogP contribution in [-0.4, -0.2) is 48.1 Å². The third-order valence-electron chi connectivity index (χ3n) is 2.57. The Bertz CT molecular complexity index is 270. The van der Waals surface area contributed by atoms with E-state index in [4.69, 9.17) is 5.11 Å². The molecule has 0 bridgehead atoms. The summed E-state index contributed by atoms with van der Waals surface area (Å²) in [5.41, 5.74) is 0. The van der Waals surface area contributed by atoms with Gasteiger partial charge in [-0.3, -0.25) is 4.79 Å². The number of rotatable bonds is 3. The summed E-state index contributed by atoms with van der Waals surface area (Å²) in [7, 11) is 1.71. The lowest BCUT2D eigenvalue weighted by atomic mass is 10.1. The van der Waals surface area contributed by atoms with Gasteiger partial charge in [0.2, 0.25) is 5.91 Å². The Morgan fingerprint density at radius 2 is 1.93 bits per heavy atom. The van der Waals surface area contributed by atoms with Crippen LogP contribution >= 0.6 is 0 Å². The van der Waals surface area contributed by atoms with Gasteiger partial charge in [0.1, 0.15) is 0 Å². The van der Waals surface area contributed by atoms with Crippen molar-refractivity contribution >= 4 is 11.9 Å². The van der Waals surface area contributed by atoms with Crippen LogP contribution in [0.25, 0.3) is 0 Å². The quantitative estimate of drug-likeness (QED) is 0.638. The molecule has 0 aromatic rings. The minimum atomic E-state index is -1.10. The second-order valence-corrected chi connectivity index (χ2v) is 3.60. The monoisotopic (exact) mass is 212 g/mol. The highest BCUT2D eigenvalue weighted by Gasteiger charge is 2.20. The summed E-state index contributed by atoms with van der Waals surface area (Å²) < 4.78 is 0. The van der Waals surface area contributed by atoms with Gasteiger partial charge in [0, 0.05) is 25.2 Å². The molecule has 0 aliphatic carbocycles. The van der Waals surface area contributed by atoms with E-state index in [1.165, 1.54) is 0 Å². The van der Waals surface area contributed by atoms with E-state index in [1.807, 2.05) is 0 Å². The summed E-state index contributed by atoms with van der Waals surface area (Å²) in [6, 6.07) is 0.220. The molecule has 1 saturated heterocycles. The van der Waals surface area contributed by atoms with Crippen molar-refractivity contribution in [3.63, 3.8) is 0 Å². The smallest absolute Gasteiger partial charge is 0.328 e. The van der Waals surface area contributed by atoms with Crippen LogP contribution in [0.5, 0.6) is 0 Å². The number of hydrogen-bond acceptors (Lipinski definition) is 3. The molecule has 5 heteroatoms. The van der Waals surface area contributed by atoms with Gasteiger partial charge in [0.25, 0.3) is 0 Å². The average Bonchev–Trinajstić information content (AvgIpc) is 2.26. The molecule has 0 atom stereocenters. The van der Waals surface area contributed by atoms with Crippen molar-refractivity contribution in [1.82, 2.24) is 10.2 Å². The van der Waals surface area contributed by atoms with Crippen LogP contribution in [0.2, 0.25) is 0 Å². The first kappa shape index (κ1) is 11.7. The van der Waals surface area contributed by atoms with Gasteiger partial charge < -0.3 is 15.3 Å². The van der Waals surface area contributed by atoms with Gasteiger partial charge in [-0.1, -0.05) is 0 Å². The third-order valence-corrected chi connectivity index (χ3v) is 2.57. The largest absolute Gasteiger partial charge is 0.478 e. The van der Waals surface area contributed by atoms with Crippen molar-refractivity contribution in [2.45, 2.75) is 18.9 Å². The van der Waals surface area contributed by atoms with Crippen LogP contribution in [0.15, 0.2) is 12.2 Å². The number of aliphatic carboxylic acids is 1. The van der Waals surface area contributed by atoms with Gasteiger partial charge in [-0.25, -0.2) is 4.79 Å². The molecule has 0 radical (unpaired) electrons. The Labute approximate surface area is 88.8 Å². The number of carbonyl (C=O) groups excluding carboxylic acids is 1. The number of carboxylic acid groups (broad SMARTS) is 1. The molecular formula is C10H16N2O3. The van der Waals surface area contributed by atoms with Crippen LogP contribution in [0.1, 0.15) is 12.8 Å². The van der Waals surface area contributed by atoms with Gasteiger partial charge in [-0.15, -0.1) is 0 Å². The fourth-order valence-electron chi connectivity index (χ4n) is 1.63. The maximum Gasteiger partial charge on any atom is 0.328 e. The van der Waals surface area contributed by atoms with Crippen molar-refractivity contribution in [2.24, 2.45) is 0 Å². The average molecular weight is 212 g/mol. The molecular weight excluding hydrogens is 196 g/mol. The molecule has 0 aromatic carbocycles. The number of carbonyl (C=O) groups is 2. The van der Waals surface area contributed by atoms with Crippen LogP contribution in [0, 0.1) is 0 Å². The molecule has 1 amide bonds. The van der Waals surface area contributed by atoms with Crippen LogP contribution in [0.3, 0.4) is 0 Å². The van der Waals surface area contributed by atoms with Crippen molar-refractivity contribution < 1.29 is 14.7 Å². The van der Waals surface area contributed by atoms with Crippen molar-refractivity contribution in [2.75, 3.05) is 20.1 Å². The van der Waals surface area contributed by atoms with Crippen molar-refractivity contribution in [3.05, 3.63) is 12.2 Å². The number of piperidine rings is 1. The zero-order chi connectivity index (χ0) is 11.3. The Morgan fingerprint density at radius 3 is 2.47 bits per heavy atom. The molecule has 0 saturated carbocycles. The van der Waals surface area contributed by atoms with Gasteiger partial charge in [-0.2, -0.15) is 0 Å². The molecule has 5 nitrogen and oxygen atoms in total. The molecule has 2 N–H and O–H groups in total. The zero-order valence-corrected chi connectivity index (χ0v) is 8.77. The van der Waals surface area contributed by atoms with Crippen LogP contribution < -0.4 is 5.32 Å². The second-order valence-electron chi connectivity index (χ2n) is 3.60. The van der Waals surface area contributed by atoms with Gasteiger partial charge >= 0.3 is 5.97 Å². The van der Waals surface area contributed by atoms with E-state index in [-0.39, 0.29) is 11.9 Å². The molecule has 1 fully saturated rings. The molecule has 1 heterocycles. The number of hydrogen-bond donors (Lipinski definition) is 2. The lowest BCUT2D eigenvalue weighted by molar-refractivity contribution is -0.132. The van der Waals surface area contributed by atoms with Crippen molar-refractivity contribution in [3.8, 4) is 0 Å². The van der Waals surface area contributed by atoms with E-state index in [2.05, 4.69) is 5.32 Å². The number of nitrogens with zero attached hydrogens (tertiary/aromatic N) is 1. The number of carboxylic acids is 1. The summed E-state index contributed by atoms with van der Waals surface area (Å²) in [6.07, 6.45) is 3.82. The highest BCUT2D eigenvalue weighted by atomic mass is 16.4. The third kappa shape index (κ3) is 3.71. The minimum Gasteiger partial charge on any atom is -0.478 e. The molecule has 0 spiro atoms. The summed E-state index contributed by atoms with van der Waals surface area (Å²) in [4.78, 5) is 23.3. The topological polar surface area (TPSA) is 69.6 Å². The molecule has 84 valence electrons. The molecule has 0 unspecified atom stereocenters. The number of amides is 1. The van der Waals surface area contributed by atoms with Crippen LogP contribution in [-0.2, 0) is 9.59 Å². The summed E-state index contributed by atoms with van der Waals surface area (Å²) >= 11 is 0. The summed E-state index contributed by atoms with van der Waals surface area (Å²) in [6.45, 7) is 1.82. The normalized spacial score (nSPS) is 17.9. The minimum absolute atomic E-state index is 0.220. The highest BCUT2D eigenvalue weighted by Crippen LogP contribution is 2.10. The highest BCUT2D eigenvalue weighted by molar-refractivity contribution is 5.93. The maximum atomic E-state index is 11.5. The molecule has 15 heavy (non-hydrogen) atoms. The number of likely N-dealkylation sites (N-methyl/N-ethyl adjacent to an activating group) is 1. The number of nitrogens with one attached hydrogen (secondary N) is 1. The second kappa shape index (κ2) is 5.50. The zero-order valence-electron chi connectivity index (χ0n) is 8.77.